The zero-order valence-corrected chi connectivity index (χ0v) is 13.6. The summed E-state index contributed by atoms with van der Waals surface area (Å²) in [5, 5.41) is 10.1. The Labute approximate surface area is 143 Å². The van der Waals surface area contributed by atoms with Gasteiger partial charge in [-0.15, -0.1) is 0 Å². The van der Waals surface area contributed by atoms with Crippen LogP contribution >= 0.6 is 0 Å². The lowest BCUT2D eigenvalue weighted by Gasteiger charge is -2.27. The normalized spacial score (nSPS) is 26.8. The lowest BCUT2D eigenvalue weighted by molar-refractivity contribution is -0.122. The predicted molar refractivity (Wildman–Crippen MR) is 89.3 cm³/mol. The molecule has 2 heterocycles. The van der Waals surface area contributed by atoms with Gasteiger partial charge in [-0.1, -0.05) is 12.2 Å². The van der Waals surface area contributed by atoms with E-state index in [1.807, 2.05) is 6.08 Å². The highest BCUT2D eigenvalue weighted by Gasteiger charge is 2.47. The maximum absolute atomic E-state index is 14.2. The number of nitrogens with two attached hydrogens (primary N) is 1. The monoisotopic (exact) mass is 343 g/mol. The summed E-state index contributed by atoms with van der Waals surface area (Å²) in [6.07, 6.45) is 9.38. The first kappa shape index (κ1) is 15.6. The fraction of sp³-hybridized carbons (Fsp3) is 0.375. The topological polar surface area (TPSA) is 111 Å². The fourth-order valence-corrected chi connectivity index (χ4v) is 3.71. The van der Waals surface area contributed by atoms with Crippen molar-refractivity contribution < 1.29 is 9.18 Å². The van der Waals surface area contributed by atoms with Crippen LogP contribution in [0.1, 0.15) is 6.42 Å². The molecule has 4 rings (SSSR count). The molecule has 0 aromatic carbocycles. The minimum atomic E-state index is -0.577. The number of nitrogens with zero attached hydrogens (tertiary/aromatic N) is 4. The Morgan fingerprint density at radius 2 is 2.16 bits per heavy atom. The highest BCUT2D eigenvalue weighted by atomic mass is 19.1. The van der Waals surface area contributed by atoms with Gasteiger partial charge in [0.25, 0.3) is 0 Å². The van der Waals surface area contributed by atoms with E-state index in [-0.39, 0.29) is 41.5 Å². The van der Waals surface area contributed by atoms with Gasteiger partial charge in [0, 0.05) is 19.3 Å². The first-order valence-corrected chi connectivity index (χ1v) is 8.03. The van der Waals surface area contributed by atoms with Crippen molar-refractivity contribution >= 4 is 23.4 Å². The zero-order chi connectivity index (χ0) is 17.6. The number of hydrogen-bond acceptors (Lipinski definition) is 6. The van der Waals surface area contributed by atoms with Gasteiger partial charge >= 0.3 is 0 Å². The fourth-order valence-electron chi connectivity index (χ4n) is 3.71. The molecular weight excluding hydrogens is 325 g/mol. The van der Waals surface area contributed by atoms with Crippen LogP contribution in [-0.2, 0) is 11.8 Å². The number of nitrogens with one attached hydrogen (secondary N) is 2. The number of anilines is 3. The first-order chi connectivity index (χ1) is 12.0. The van der Waals surface area contributed by atoms with Gasteiger partial charge in [-0.05, 0) is 18.3 Å². The van der Waals surface area contributed by atoms with Crippen molar-refractivity contribution in [3.63, 3.8) is 0 Å². The van der Waals surface area contributed by atoms with Crippen molar-refractivity contribution in [3.05, 3.63) is 36.6 Å². The van der Waals surface area contributed by atoms with Crippen LogP contribution < -0.4 is 16.4 Å². The number of halogens is 1. The average molecular weight is 343 g/mol. The van der Waals surface area contributed by atoms with Crippen LogP contribution in [0.5, 0.6) is 0 Å². The van der Waals surface area contributed by atoms with Gasteiger partial charge in [0.2, 0.25) is 11.9 Å². The summed E-state index contributed by atoms with van der Waals surface area (Å²) in [6.45, 7) is 0. The Kier molecular flexibility index (Phi) is 3.63. The number of amides is 1. The van der Waals surface area contributed by atoms with Gasteiger partial charge in [-0.25, -0.2) is 9.37 Å². The zero-order valence-electron chi connectivity index (χ0n) is 13.6. The summed E-state index contributed by atoms with van der Waals surface area (Å²) < 4.78 is 15.8. The van der Waals surface area contributed by atoms with Crippen LogP contribution in [0.2, 0.25) is 0 Å². The van der Waals surface area contributed by atoms with Gasteiger partial charge in [0.1, 0.15) is 0 Å². The van der Waals surface area contributed by atoms with E-state index in [0.717, 1.165) is 12.6 Å². The first-order valence-electron chi connectivity index (χ1n) is 8.03. The minimum Gasteiger partial charge on any atom is -0.369 e. The summed E-state index contributed by atoms with van der Waals surface area (Å²) in [5.41, 5.74) is 6.23. The van der Waals surface area contributed by atoms with Crippen molar-refractivity contribution in [2.24, 2.45) is 30.5 Å². The Bertz CT molecular complexity index is 849. The summed E-state index contributed by atoms with van der Waals surface area (Å²) >= 11 is 0. The standard InChI is InChI=1S/C16H18FN7O/c1-24-7-10(5-20-24)21-16-19-6-11(17)15(23-16)22-13-9-3-2-8(4-9)12(13)14(18)25/h2-3,5-9,12-13H,4H2,1H3,(H2,18,25)(H2,19,21,22,23)/t8-,9-,12-,13+/m0/s1. The number of aromatic nitrogens is 4. The number of rotatable bonds is 5. The van der Waals surface area contributed by atoms with Gasteiger partial charge in [0.05, 0.1) is 24.0 Å². The van der Waals surface area contributed by atoms with Crippen molar-refractivity contribution in [1.82, 2.24) is 19.7 Å². The molecule has 4 atom stereocenters. The molecule has 1 fully saturated rings. The number of primary amides is 1. The van der Waals surface area contributed by atoms with Gasteiger partial charge in [-0.2, -0.15) is 10.1 Å². The van der Waals surface area contributed by atoms with E-state index in [9.17, 15) is 9.18 Å². The molecule has 1 amide bonds. The lowest BCUT2D eigenvalue weighted by Crippen LogP contribution is -2.41. The molecule has 0 aliphatic heterocycles. The third-order valence-electron chi connectivity index (χ3n) is 4.80. The highest BCUT2D eigenvalue weighted by molar-refractivity contribution is 5.79. The van der Waals surface area contributed by atoms with E-state index in [1.165, 1.54) is 0 Å². The maximum Gasteiger partial charge on any atom is 0.229 e. The molecule has 0 spiro atoms. The van der Waals surface area contributed by atoms with E-state index in [4.69, 9.17) is 5.73 Å². The molecule has 0 saturated heterocycles. The molecule has 4 N–H and O–H groups in total. The number of carbonyl (C=O) groups is 1. The summed E-state index contributed by atoms with van der Waals surface area (Å²) in [5.74, 6) is -0.766. The molecule has 0 radical (unpaired) electrons. The van der Waals surface area contributed by atoms with Crippen LogP contribution in [-0.4, -0.2) is 31.7 Å². The molecule has 8 nitrogen and oxygen atoms in total. The second kappa shape index (κ2) is 5.83. The quantitative estimate of drug-likeness (QED) is 0.703. The summed E-state index contributed by atoms with van der Waals surface area (Å²) in [4.78, 5) is 19.9. The number of fused-ring (bicyclic) bond motifs is 2. The van der Waals surface area contributed by atoms with Crippen molar-refractivity contribution in [1.29, 1.82) is 0 Å². The smallest absolute Gasteiger partial charge is 0.229 e. The number of carbonyl (C=O) groups excluding carboxylic acids is 1. The van der Waals surface area contributed by atoms with Crippen LogP contribution in [0.15, 0.2) is 30.7 Å². The Balaban J connectivity index is 1.57. The molecule has 2 aliphatic carbocycles. The van der Waals surface area contributed by atoms with E-state index in [1.54, 1.807) is 24.1 Å². The average Bonchev–Trinajstić information content (AvgIpc) is 3.26. The minimum absolute atomic E-state index is 0.0543. The van der Waals surface area contributed by atoms with Crippen LogP contribution in [0.3, 0.4) is 0 Å². The maximum atomic E-state index is 14.2. The molecule has 130 valence electrons. The number of hydrogen-bond donors (Lipinski definition) is 3. The number of aryl methyl sites for hydroxylation is 1. The predicted octanol–water partition coefficient (Wildman–Crippen LogP) is 1.18. The van der Waals surface area contributed by atoms with Gasteiger partial charge in [0.15, 0.2) is 11.6 Å². The molecule has 0 unspecified atom stereocenters. The highest BCUT2D eigenvalue weighted by Crippen LogP contribution is 2.44. The van der Waals surface area contributed by atoms with Crippen molar-refractivity contribution in [2.75, 3.05) is 10.6 Å². The summed E-state index contributed by atoms with van der Waals surface area (Å²) in [6, 6.07) is -0.261. The van der Waals surface area contributed by atoms with Crippen LogP contribution in [0, 0.1) is 23.6 Å². The lowest BCUT2D eigenvalue weighted by atomic mass is 9.88. The molecule has 1 saturated carbocycles. The Hall–Kier alpha value is -2.97. The van der Waals surface area contributed by atoms with Crippen molar-refractivity contribution in [2.45, 2.75) is 12.5 Å². The second-order valence-electron chi connectivity index (χ2n) is 6.46. The third kappa shape index (κ3) is 2.81. The van der Waals surface area contributed by atoms with Crippen LogP contribution in [0.4, 0.5) is 21.8 Å². The Morgan fingerprint density at radius 3 is 2.88 bits per heavy atom. The summed E-state index contributed by atoms with van der Waals surface area (Å²) in [7, 11) is 1.79. The molecule has 2 aromatic heterocycles. The van der Waals surface area contributed by atoms with Gasteiger partial charge < -0.3 is 16.4 Å². The van der Waals surface area contributed by atoms with Crippen molar-refractivity contribution in [3.8, 4) is 0 Å². The van der Waals surface area contributed by atoms with E-state index in [2.05, 4.69) is 31.8 Å². The molecule has 2 aliphatic rings. The third-order valence-corrected chi connectivity index (χ3v) is 4.80. The Morgan fingerprint density at radius 1 is 1.36 bits per heavy atom. The SMILES string of the molecule is Cn1cc(Nc2ncc(F)c(N[C@H]3[C@@H](C(N)=O)[C@H]4C=C[C@H]3C4)n2)cn1. The molecule has 2 bridgehead atoms. The molecular formula is C16H18FN7O. The van der Waals surface area contributed by atoms with E-state index in [0.29, 0.717) is 5.69 Å². The van der Waals surface area contributed by atoms with E-state index < -0.39 is 5.82 Å². The molecule has 2 aromatic rings. The van der Waals surface area contributed by atoms with E-state index >= 15 is 0 Å². The van der Waals surface area contributed by atoms with Crippen LogP contribution in [0.25, 0.3) is 0 Å². The largest absolute Gasteiger partial charge is 0.369 e. The molecule has 9 heteroatoms. The van der Waals surface area contributed by atoms with Gasteiger partial charge in [-0.3, -0.25) is 9.48 Å². The molecule has 25 heavy (non-hydrogen) atoms. The second-order valence-corrected chi connectivity index (χ2v) is 6.46. The number of allylic oxidation sites excluding steroid dienone is 1.